The van der Waals surface area contributed by atoms with Crippen LogP contribution in [0.15, 0.2) is 24.4 Å². The topological polar surface area (TPSA) is 25.0 Å². The van der Waals surface area contributed by atoms with Crippen molar-refractivity contribution in [3.8, 4) is 5.75 Å². The van der Waals surface area contributed by atoms with Crippen LogP contribution in [0.25, 0.3) is 10.9 Å². The van der Waals surface area contributed by atoms with E-state index in [0.29, 0.717) is 0 Å². The highest BCUT2D eigenvalue weighted by Gasteiger charge is 2.02. The van der Waals surface area contributed by atoms with Crippen LogP contribution in [0.2, 0.25) is 5.02 Å². The van der Waals surface area contributed by atoms with Crippen LogP contribution in [0.3, 0.4) is 0 Å². The molecule has 0 aliphatic carbocycles. The summed E-state index contributed by atoms with van der Waals surface area (Å²) in [4.78, 5) is 3.07. The van der Waals surface area contributed by atoms with Crippen LogP contribution in [-0.2, 0) is 0 Å². The Balaban J connectivity index is 2.73. The van der Waals surface area contributed by atoms with Gasteiger partial charge in [0.05, 0.1) is 12.6 Å². The van der Waals surface area contributed by atoms with Gasteiger partial charge in [0.25, 0.3) is 0 Å². The maximum Gasteiger partial charge on any atom is 0.144 e. The molecule has 0 bridgehead atoms. The zero-order valence-corrected chi connectivity index (χ0v) is 7.35. The molecule has 2 rings (SSSR count). The predicted molar refractivity (Wildman–Crippen MR) is 49.9 cm³/mol. The molecule has 0 spiro atoms. The number of ether oxygens (including phenoxy) is 1. The minimum absolute atomic E-state index is 0.729. The molecule has 0 unspecified atom stereocenters. The first-order valence-corrected chi connectivity index (χ1v) is 3.99. The summed E-state index contributed by atoms with van der Waals surface area (Å²) in [6.07, 6.45) is 1.82. The molecule has 0 fully saturated rings. The van der Waals surface area contributed by atoms with Crippen LogP contribution < -0.4 is 4.74 Å². The Morgan fingerprint density at radius 3 is 3.00 bits per heavy atom. The molecule has 0 saturated carbocycles. The number of benzene rings is 1. The second-order valence-electron chi connectivity index (χ2n) is 2.55. The van der Waals surface area contributed by atoms with Gasteiger partial charge >= 0.3 is 0 Å². The van der Waals surface area contributed by atoms with Gasteiger partial charge in [-0.15, -0.1) is 0 Å². The molecule has 62 valence electrons. The van der Waals surface area contributed by atoms with Gasteiger partial charge in [0.15, 0.2) is 0 Å². The summed E-state index contributed by atoms with van der Waals surface area (Å²) in [6, 6.07) is 5.66. The van der Waals surface area contributed by atoms with E-state index in [-0.39, 0.29) is 0 Å². The summed E-state index contributed by atoms with van der Waals surface area (Å²) < 4.78 is 5.13. The number of rotatable bonds is 1. The number of aromatic amines is 1. The first kappa shape index (κ1) is 7.50. The van der Waals surface area contributed by atoms with Crippen molar-refractivity contribution < 1.29 is 4.74 Å². The molecule has 1 N–H and O–H groups in total. The summed E-state index contributed by atoms with van der Waals surface area (Å²) in [5.41, 5.74) is 0.999. The molecule has 12 heavy (non-hydrogen) atoms. The molecule has 1 aromatic heterocycles. The predicted octanol–water partition coefficient (Wildman–Crippen LogP) is 2.83. The lowest BCUT2D eigenvalue weighted by Gasteiger charge is -1.95. The molecule has 0 atom stereocenters. The smallest absolute Gasteiger partial charge is 0.144 e. The minimum atomic E-state index is 0.729. The maximum atomic E-state index is 5.81. The van der Waals surface area contributed by atoms with Gasteiger partial charge in [0.1, 0.15) is 5.75 Å². The van der Waals surface area contributed by atoms with Crippen LogP contribution in [0, 0.1) is 0 Å². The quantitative estimate of drug-likeness (QED) is 0.719. The number of methoxy groups -OCH3 is 1. The molecule has 0 aliphatic heterocycles. The second-order valence-corrected chi connectivity index (χ2v) is 2.98. The molecular formula is C9H8ClNO. The number of aromatic nitrogens is 1. The summed E-state index contributed by atoms with van der Waals surface area (Å²) in [5, 5.41) is 1.79. The van der Waals surface area contributed by atoms with E-state index in [1.54, 1.807) is 7.11 Å². The molecule has 3 heteroatoms. The first-order valence-electron chi connectivity index (χ1n) is 3.62. The van der Waals surface area contributed by atoms with E-state index in [9.17, 15) is 0 Å². The monoisotopic (exact) mass is 181 g/mol. The molecule has 2 aromatic rings. The van der Waals surface area contributed by atoms with Crippen molar-refractivity contribution in [1.82, 2.24) is 4.98 Å². The van der Waals surface area contributed by atoms with Crippen LogP contribution in [0.1, 0.15) is 0 Å². The maximum absolute atomic E-state index is 5.81. The fraction of sp³-hybridized carbons (Fsp3) is 0.111. The average molecular weight is 182 g/mol. The minimum Gasteiger partial charge on any atom is -0.495 e. The highest BCUT2D eigenvalue weighted by molar-refractivity contribution is 6.31. The fourth-order valence-corrected chi connectivity index (χ4v) is 1.41. The number of nitrogens with one attached hydrogen (secondary N) is 1. The third-order valence-corrected chi connectivity index (χ3v) is 2.06. The number of halogens is 1. The SMILES string of the molecule is COc1c[nH]c2cc(Cl)ccc12. The number of hydrogen-bond donors (Lipinski definition) is 1. The zero-order chi connectivity index (χ0) is 8.55. The molecular weight excluding hydrogens is 174 g/mol. The Labute approximate surface area is 75.1 Å². The second kappa shape index (κ2) is 2.72. The lowest BCUT2D eigenvalue weighted by molar-refractivity contribution is 0.419. The van der Waals surface area contributed by atoms with Crippen molar-refractivity contribution in [1.29, 1.82) is 0 Å². The van der Waals surface area contributed by atoms with Gasteiger partial charge in [-0.25, -0.2) is 0 Å². The summed E-state index contributed by atoms with van der Waals surface area (Å²) in [6.45, 7) is 0. The van der Waals surface area contributed by atoms with Crippen molar-refractivity contribution in [3.63, 3.8) is 0 Å². The van der Waals surface area contributed by atoms with Gasteiger partial charge in [-0.2, -0.15) is 0 Å². The van der Waals surface area contributed by atoms with E-state index in [1.807, 2.05) is 24.4 Å². The van der Waals surface area contributed by atoms with Gasteiger partial charge in [0, 0.05) is 16.6 Å². The van der Waals surface area contributed by atoms with Crippen LogP contribution in [0.5, 0.6) is 5.75 Å². The van der Waals surface area contributed by atoms with E-state index >= 15 is 0 Å². The number of fused-ring (bicyclic) bond motifs is 1. The van der Waals surface area contributed by atoms with Gasteiger partial charge in [-0.3, -0.25) is 0 Å². The van der Waals surface area contributed by atoms with Crippen molar-refractivity contribution >= 4 is 22.5 Å². The number of hydrogen-bond acceptors (Lipinski definition) is 1. The van der Waals surface area contributed by atoms with Gasteiger partial charge < -0.3 is 9.72 Å². The Morgan fingerprint density at radius 1 is 1.42 bits per heavy atom. The summed E-state index contributed by atoms with van der Waals surface area (Å²) >= 11 is 5.81. The fourth-order valence-electron chi connectivity index (χ4n) is 1.24. The normalized spacial score (nSPS) is 10.5. The van der Waals surface area contributed by atoms with Crippen molar-refractivity contribution in [2.45, 2.75) is 0 Å². The highest BCUT2D eigenvalue weighted by atomic mass is 35.5. The van der Waals surface area contributed by atoms with Crippen molar-refractivity contribution in [2.24, 2.45) is 0 Å². The van der Waals surface area contributed by atoms with Gasteiger partial charge in [-0.1, -0.05) is 11.6 Å². The molecule has 1 aromatic carbocycles. The number of H-pyrrole nitrogens is 1. The Kier molecular flexibility index (Phi) is 1.70. The molecule has 0 radical (unpaired) electrons. The average Bonchev–Trinajstić information content (AvgIpc) is 2.46. The van der Waals surface area contributed by atoms with E-state index in [2.05, 4.69) is 4.98 Å². The van der Waals surface area contributed by atoms with Crippen molar-refractivity contribution in [3.05, 3.63) is 29.4 Å². The lowest BCUT2D eigenvalue weighted by atomic mass is 10.2. The van der Waals surface area contributed by atoms with Gasteiger partial charge in [-0.05, 0) is 18.2 Å². The zero-order valence-electron chi connectivity index (χ0n) is 6.60. The van der Waals surface area contributed by atoms with E-state index < -0.39 is 0 Å². The first-order chi connectivity index (χ1) is 5.81. The molecule has 0 amide bonds. The third-order valence-electron chi connectivity index (χ3n) is 1.83. The van der Waals surface area contributed by atoms with E-state index in [4.69, 9.17) is 16.3 Å². The van der Waals surface area contributed by atoms with Gasteiger partial charge in [0.2, 0.25) is 0 Å². The Bertz CT molecular complexity index is 408. The summed E-state index contributed by atoms with van der Waals surface area (Å²) in [5.74, 6) is 0.849. The molecule has 0 aliphatic rings. The van der Waals surface area contributed by atoms with Crippen molar-refractivity contribution in [2.75, 3.05) is 7.11 Å². The Hall–Kier alpha value is -1.15. The van der Waals surface area contributed by atoms with Crippen LogP contribution >= 0.6 is 11.6 Å². The standard InChI is InChI=1S/C9H8ClNO/c1-12-9-5-11-8-4-6(10)2-3-7(8)9/h2-5,11H,1H3. The van der Waals surface area contributed by atoms with Crippen LogP contribution in [0.4, 0.5) is 0 Å². The highest BCUT2D eigenvalue weighted by Crippen LogP contribution is 2.26. The Morgan fingerprint density at radius 2 is 2.25 bits per heavy atom. The van der Waals surface area contributed by atoms with E-state index in [1.165, 1.54) is 0 Å². The molecule has 0 saturated heterocycles. The largest absolute Gasteiger partial charge is 0.495 e. The third kappa shape index (κ3) is 1.04. The summed E-state index contributed by atoms with van der Waals surface area (Å²) in [7, 11) is 1.65. The lowest BCUT2D eigenvalue weighted by Crippen LogP contribution is -1.78. The molecule has 2 nitrogen and oxygen atoms in total. The van der Waals surface area contributed by atoms with E-state index in [0.717, 1.165) is 21.7 Å². The molecule has 1 heterocycles. The van der Waals surface area contributed by atoms with Crippen LogP contribution in [-0.4, -0.2) is 12.1 Å².